The average Bonchev–Trinajstić information content (AvgIpc) is 2.75. The third kappa shape index (κ3) is 4.44. The Hall–Kier alpha value is -3.26. The molecule has 1 aromatic heterocycles. The number of carbonyl (C=O) groups excluding carboxylic acids is 1. The summed E-state index contributed by atoms with van der Waals surface area (Å²) in [5, 5.41) is 6.33. The maximum atomic E-state index is 14.5. The van der Waals surface area contributed by atoms with Crippen LogP contribution in [0.3, 0.4) is 0 Å². The maximum Gasteiger partial charge on any atom is 0.225 e. The van der Waals surface area contributed by atoms with E-state index in [1.54, 1.807) is 18.3 Å². The largest absolute Gasteiger partial charge is 0.486 e. The molecule has 1 amide bonds. The number of nitrogens with two attached hydrogens (primary N) is 1. The van der Waals surface area contributed by atoms with E-state index in [-0.39, 0.29) is 11.7 Å². The Balaban J connectivity index is 1.68. The molecule has 1 atom stereocenters. The first-order valence-electron chi connectivity index (χ1n) is 10.1. The molecule has 4 rings (SSSR count). The second-order valence-electron chi connectivity index (χ2n) is 7.28. The van der Waals surface area contributed by atoms with Gasteiger partial charge in [0.25, 0.3) is 0 Å². The normalized spacial score (nSPS) is 18.0. The Morgan fingerprint density at radius 1 is 1.42 bits per heavy atom. The van der Waals surface area contributed by atoms with Crippen LogP contribution in [0.1, 0.15) is 31.4 Å². The summed E-state index contributed by atoms with van der Waals surface area (Å²) in [6.07, 6.45) is 4.67. The number of fused-ring (bicyclic) bond motifs is 1. The highest BCUT2D eigenvalue weighted by Gasteiger charge is 2.31. The van der Waals surface area contributed by atoms with Gasteiger partial charge >= 0.3 is 0 Å². The Kier molecular flexibility index (Phi) is 5.99. The summed E-state index contributed by atoms with van der Waals surface area (Å²) in [5.41, 5.74) is 8.14. The molecule has 7 nitrogen and oxygen atoms in total. The van der Waals surface area contributed by atoms with Crippen LogP contribution in [0.15, 0.2) is 59.9 Å². The van der Waals surface area contributed by atoms with Crippen molar-refractivity contribution in [3.63, 3.8) is 0 Å². The Bertz CT molecular complexity index is 1070. The van der Waals surface area contributed by atoms with Crippen LogP contribution in [0, 0.1) is 5.82 Å². The molecule has 2 aliphatic rings. The molecule has 2 aromatic rings. The van der Waals surface area contributed by atoms with Crippen molar-refractivity contribution in [1.29, 1.82) is 0 Å². The second-order valence-corrected chi connectivity index (χ2v) is 7.72. The highest BCUT2D eigenvalue weighted by molar-refractivity contribution is 6.30. The summed E-state index contributed by atoms with van der Waals surface area (Å²) < 4.78 is 20.3. The van der Waals surface area contributed by atoms with Gasteiger partial charge in [0.2, 0.25) is 5.91 Å². The summed E-state index contributed by atoms with van der Waals surface area (Å²) in [4.78, 5) is 18.2. The van der Waals surface area contributed by atoms with E-state index in [2.05, 4.69) is 15.6 Å². The highest BCUT2D eigenvalue weighted by Crippen LogP contribution is 2.35. The number of dihydropyridines is 1. The number of ether oxygens (including phenoxy) is 1. The van der Waals surface area contributed by atoms with Gasteiger partial charge in [-0.15, -0.1) is 0 Å². The van der Waals surface area contributed by atoms with Crippen LogP contribution in [0.4, 0.5) is 15.9 Å². The third-order valence-electron chi connectivity index (χ3n) is 5.06. The number of hydrogen-bond donors (Lipinski definition) is 3. The van der Waals surface area contributed by atoms with E-state index in [0.29, 0.717) is 53.3 Å². The van der Waals surface area contributed by atoms with E-state index in [9.17, 15) is 9.18 Å². The van der Waals surface area contributed by atoms with E-state index in [1.165, 1.54) is 12.1 Å². The smallest absolute Gasteiger partial charge is 0.225 e. The summed E-state index contributed by atoms with van der Waals surface area (Å²) in [6, 6.07) is 7.52. The van der Waals surface area contributed by atoms with Crippen molar-refractivity contribution < 1.29 is 13.9 Å². The van der Waals surface area contributed by atoms with Gasteiger partial charge in [-0.05, 0) is 36.8 Å². The Morgan fingerprint density at radius 2 is 2.26 bits per heavy atom. The van der Waals surface area contributed by atoms with E-state index in [0.717, 1.165) is 12.1 Å². The summed E-state index contributed by atoms with van der Waals surface area (Å²) in [6.45, 7) is 2.92. The zero-order valence-electron chi connectivity index (χ0n) is 17.0. The lowest BCUT2D eigenvalue weighted by molar-refractivity contribution is -0.116. The summed E-state index contributed by atoms with van der Waals surface area (Å²) in [5.74, 6) is 0.808. The van der Waals surface area contributed by atoms with Gasteiger partial charge in [-0.2, -0.15) is 0 Å². The van der Waals surface area contributed by atoms with Crippen molar-refractivity contribution in [1.82, 2.24) is 10.3 Å². The van der Waals surface area contributed by atoms with Crippen LogP contribution < -0.4 is 21.3 Å². The highest BCUT2D eigenvalue weighted by atomic mass is 35.5. The van der Waals surface area contributed by atoms with Crippen LogP contribution in [0.5, 0.6) is 0 Å². The maximum absolute atomic E-state index is 14.5. The predicted molar refractivity (Wildman–Crippen MR) is 118 cm³/mol. The molecule has 0 radical (unpaired) electrons. The molecule has 3 heterocycles. The molecule has 2 aliphatic heterocycles. The quantitative estimate of drug-likeness (QED) is 0.650. The van der Waals surface area contributed by atoms with Crippen LogP contribution >= 0.6 is 11.6 Å². The number of carbonyl (C=O) groups is 1. The number of aromatic nitrogens is 1. The average molecular weight is 444 g/mol. The molecule has 0 aliphatic carbocycles. The molecule has 162 valence electrons. The first-order valence-corrected chi connectivity index (χ1v) is 10.4. The zero-order chi connectivity index (χ0) is 22.0. The van der Waals surface area contributed by atoms with Crippen molar-refractivity contribution in [2.75, 3.05) is 23.4 Å². The lowest BCUT2D eigenvalue weighted by Crippen LogP contribution is -2.41. The minimum absolute atomic E-state index is 0.0865. The van der Waals surface area contributed by atoms with Crippen LogP contribution in [-0.4, -0.2) is 24.0 Å². The van der Waals surface area contributed by atoms with Crippen LogP contribution in [0.25, 0.3) is 0 Å². The predicted octanol–water partition coefficient (Wildman–Crippen LogP) is 3.81. The topological polar surface area (TPSA) is 92.5 Å². The fourth-order valence-corrected chi connectivity index (χ4v) is 3.83. The molecule has 1 unspecified atom stereocenters. The van der Waals surface area contributed by atoms with Crippen molar-refractivity contribution in [3.8, 4) is 0 Å². The monoisotopic (exact) mass is 443 g/mol. The molecule has 1 saturated heterocycles. The number of morpholine rings is 1. The van der Waals surface area contributed by atoms with Crippen molar-refractivity contribution in [2.24, 2.45) is 5.73 Å². The van der Waals surface area contributed by atoms with E-state index >= 15 is 0 Å². The van der Waals surface area contributed by atoms with Gasteiger partial charge in [0, 0.05) is 35.0 Å². The zero-order valence-corrected chi connectivity index (χ0v) is 17.7. The molecule has 1 aromatic carbocycles. The van der Waals surface area contributed by atoms with Crippen LogP contribution in [-0.2, 0) is 9.53 Å². The molecule has 9 heteroatoms. The number of pyridine rings is 1. The lowest BCUT2D eigenvalue weighted by atomic mass is 10.0. The van der Waals surface area contributed by atoms with Gasteiger partial charge in [-0.3, -0.25) is 4.79 Å². The molecule has 0 saturated carbocycles. The molecule has 0 spiro atoms. The van der Waals surface area contributed by atoms with Gasteiger partial charge in [0.1, 0.15) is 24.1 Å². The number of nitrogens with zero attached hydrogens (tertiary/aromatic N) is 2. The fourth-order valence-electron chi connectivity index (χ4n) is 3.65. The Morgan fingerprint density at radius 3 is 3.06 bits per heavy atom. The second kappa shape index (κ2) is 8.85. The number of benzene rings is 1. The molecule has 1 fully saturated rings. The van der Waals surface area contributed by atoms with E-state index in [1.807, 2.05) is 24.0 Å². The van der Waals surface area contributed by atoms with Crippen LogP contribution in [0.2, 0.25) is 5.02 Å². The number of halogens is 2. The van der Waals surface area contributed by atoms with Crippen molar-refractivity contribution in [2.45, 2.75) is 25.8 Å². The first kappa shape index (κ1) is 21.0. The molecule has 4 N–H and O–H groups in total. The van der Waals surface area contributed by atoms with Gasteiger partial charge in [0.05, 0.1) is 18.3 Å². The minimum Gasteiger partial charge on any atom is -0.486 e. The fraction of sp³-hybridized carbons (Fsp3) is 0.273. The molecular weight excluding hydrogens is 421 g/mol. The van der Waals surface area contributed by atoms with E-state index in [4.69, 9.17) is 22.1 Å². The van der Waals surface area contributed by atoms with Crippen molar-refractivity contribution >= 4 is 29.0 Å². The number of nitrogens with one attached hydrogen (secondary N) is 2. The lowest BCUT2D eigenvalue weighted by Gasteiger charge is -2.38. The van der Waals surface area contributed by atoms with Gasteiger partial charge < -0.3 is 26.0 Å². The van der Waals surface area contributed by atoms with Gasteiger partial charge in [-0.25, -0.2) is 9.37 Å². The number of hydrogen-bond acceptors (Lipinski definition) is 6. The van der Waals surface area contributed by atoms with E-state index < -0.39 is 6.04 Å². The summed E-state index contributed by atoms with van der Waals surface area (Å²) >= 11 is 6.08. The third-order valence-corrected chi connectivity index (χ3v) is 5.29. The molecule has 31 heavy (non-hydrogen) atoms. The molecule has 0 bridgehead atoms. The summed E-state index contributed by atoms with van der Waals surface area (Å²) in [7, 11) is 0. The first-order chi connectivity index (χ1) is 15.0. The van der Waals surface area contributed by atoms with Gasteiger partial charge in [-0.1, -0.05) is 18.5 Å². The van der Waals surface area contributed by atoms with Gasteiger partial charge in [0.15, 0.2) is 5.76 Å². The minimum atomic E-state index is -0.521. The number of amides is 1. The molecular formula is C22H23ClFN5O2. The Labute approximate surface area is 184 Å². The number of rotatable bonds is 5. The number of anilines is 2. The van der Waals surface area contributed by atoms with Crippen molar-refractivity contribution in [3.05, 3.63) is 76.3 Å². The SMILES string of the molecule is CCCC(=O)Nc1cc(N2CCOC3=C(N)NC(c4cc(Cl)ccc4F)C=C32)ccn1. The standard InChI is InChI=1S/C22H23ClFN5O2/c1-2-3-20(30)28-19-11-14(6-7-26-19)29-8-9-31-21-18(29)12-17(27-22(21)25)15-10-13(23)4-5-16(15)24/h4-7,10-12,17,27H,2-3,8-9,25H2,1H3,(H,26,28,30).